The van der Waals surface area contributed by atoms with Crippen LogP contribution in [0.1, 0.15) is 46.0 Å². The van der Waals surface area contributed by atoms with Gasteiger partial charge in [0.2, 0.25) is 5.91 Å². The average Bonchev–Trinajstić information content (AvgIpc) is 2.82. The van der Waals surface area contributed by atoms with Crippen LogP contribution in [0.25, 0.3) is 0 Å². The van der Waals surface area contributed by atoms with Crippen molar-refractivity contribution in [2.24, 2.45) is 5.73 Å². The number of thiocarbonyl (C=S) groups is 1. The molecule has 1 saturated heterocycles. The van der Waals surface area contributed by atoms with Gasteiger partial charge in [-0.05, 0) is 32.7 Å². The number of nitrogens with one attached hydrogen (secondary N) is 1. The second-order valence-corrected chi connectivity index (χ2v) is 5.44. The molecule has 1 fully saturated rings. The van der Waals surface area contributed by atoms with Gasteiger partial charge in [0.15, 0.2) is 0 Å². The third-order valence-corrected chi connectivity index (χ3v) is 3.85. The molecule has 2 unspecified atom stereocenters. The molecular weight excluding hydrogens is 246 g/mol. The molecule has 2 atom stereocenters. The van der Waals surface area contributed by atoms with E-state index in [2.05, 4.69) is 17.1 Å². The zero-order valence-electron chi connectivity index (χ0n) is 11.4. The summed E-state index contributed by atoms with van der Waals surface area (Å²) in [6.45, 7) is 5.77. The van der Waals surface area contributed by atoms with Crippen molar-refractivity contribution >= 4 is 23.1 Å². The maximum Gasteiger partial charge on any atom is 0.237 e. The lowest BCUT2D eigenvalue weighted by Gasteiger charge is -2.29. The van der Waals surface area contributed by atoms with Crippen LogP contribution in [0.5, 0.6) is 0 Å². The van der Waals surface area contributed by atoms with Crippen LogP contribution in [-0.4, -0.2) is 41.0 Å². The van der Waals surface area contributed by atoms with E-state index in [9.17, 15) is 4.79 Å². The highest BCUT2D eigenvalue weighted by Crippen LogP contribution is 2.20. The van der Waals surface area contributed by atoms with E-state index < -0.39 is 0 Å². The number of unbranched alkanes of at least 4 members (excludes halogenated alkanes) is 2. The Morgan fingerprint density at radius 3 is 2.89 bits per heavy atom. The second-order valence-electron chi connectivity index (χ2n) is 4.97. The first-order valence-corrected chi connectivity index (χ1v) is 7.31. The Labute approximate surface area is 115 Å². The smallest absolute Gasteiger partial charge is 0.237 e. The van der Waals surface area contributed by atoms with Gasteiger partial charge in [-0.3, -0.25) is 9.69 Å². The molecule has 1 aliphatic heterocycles. The van der Waals surface area contributed by atoms with Gasteiger partial charge in [0.25, 0.3) is 0 Å². The molecule has 3 N–H and O–H groups in total. The Morgan fingerprint density at radius 1 is 1.56 bits per heavy atom. The molecule has 0 aliphatic carbocycles. The second kappa shape index (κ2) is 7.69. The molecule has 0 bridgehead atoms. The molecule has 1 aliphatic rings. The molecule has 1 rings (SSSR count). The fraction of sp³-hybridized carbons (Fsp3) is 0.846. The third kappa shape index (κ3) is 4.21. The molecular formula is C13H25N3OS. The number of likely N-dealkylation sites (tertiary alicyclic amines) is 1. The van der Waals surface area contributed by atoms with Gasteiger partial charge in [-0.1, -0.05) is 32.0 Å². The molecule has 0 aromatic carbocycles. The predicted octanol–water partition coefficient (Wildman–Crippen LogP) is 1.43. The molecule has 0 saturated carbocycles. The first kappa shape index (κ1) is 15.4. The number of amides is 1. The van der Waals surface area contributed by atoms with E-state index in [4.69, 9.17) is 18.0 Å². The van der Waals surface area contributed by atoms with Gasteiger partial charge in [0.1, 0.15) is 0 Å². The Bertz CT molecular complexity index is 296. The van der Waals surface area contributed by atoms with Crippen LogP contribution >= 0.6 is 12.2 Å². The summed E-state index contributed by atoms with van der Waals surface area (Å²) in [5, 5.41) is 2.99. The van der Waals surface area contributed by atoms with Crippen LogP contribution in [0.4, 0.5) is 0 Å². The van der Waals surface area contributed by atoms with Crippen molar-refractivity contribution in [3.63, 3.8) is 0 Å². The minimum atomic E-state index is -0.138. The van der Waals surface area contributed by atoms with Gasteiger partial charge in [-0.2, -0.15) is 0 Å². The molecule has 0 aromatic rings. The van der Waals surface area contributed by atoms with Crippen LogP contribution in [0.3, 0.4) is 0 Å². The van der Waals surface area contributed by atoms with Crippen molar-refractivity contribution in [2.45, 2.75) is 58.0 Å². The van der Waals surface area contributed by atoms with E-state index in [1.54, 1.807) is 0 Å². The van der Waals surface area contributed by atoms with Crippen molar-refractivity contribution in [1.82, 2.24) is 10.2 Å². The zero-order valence-corrected chi connectivity index (χ0v) is 12.3. The van der Waals surface area contributed by atoms with E-state index >= 15 is 0 Å². The predicted molar refractivity (Wildman–Crippen MR) is 78.5 cm³/mol. The van der Waals surface area contributed by atoms with Gasteiger partial charge < -0.3 is 11.1 Å². The molecule has 0 spiro atoms. The number of nitrogens with zero attached hydrogens (tertiary/aromatic N) is 1. The molecule has 104 valence electrons. The number of rotatable bonds is 7. The van der Waals surface area contributed by atoms with Gasteiger partial charge in [-0.25, -0.2) is 0 Å². The fourth-order valence-corrected chi connectivity index (χ4v) is 2.70. The van der Waals surface area contributed by atoms with Crippen molar-refractivity contribution in [3.05, 3.63) is 0 Å². The van der Waals surface area contributed by atoms with Crippen LogP contribution in [0.15, 0.2) is 0 Å². The van der Waals surface area contributed by atoms with Crippen LogP contribution in [0.2, 0.25) is 0 Å². The summed E-state index contributed by atoms with van der Waals surface area (Å²) in [5.41, 5.74) is 5.72. The Kier molecular flexibility index (Phi) is 6.57. The van der Waals surface area contributed by atoms with Crippen molar-refractivity contribution in [1.29, 1.82) is 0 Å². The average molecular weight is 271 g/mol. The number of carbonyl (C=O) groups is 1. The van der Waals surface area contributed by atoms with E-state index in [1.807, 2.05) is 6.92 Å². The molecule has 5 heteroatoms. The van der Waals surface area contributed by atoms with Crippen LogP contribution in [0, 0.1) is 0 Å². The van der Waals surface area contributed by atoms with Gasteiger partial charge in [-0.15, -0.1) is 0 Å². The molecule has 0 radical (unpaired) electrons. The summed E-state index contributed by atoms with van der Waals surface area (Å²) in [7, 11) is 0. The summed E-state index contributed by atoms with van der Waals surface area (Å²) in [6.07, 6.45) is 5.42. The number of nitrogens with two attached hydrogens (primary N) is 1. The lowest BCUT2D eigenvalue weighted by molar-refractivity contribution is -0.125. The Hall–Kier alpha value is -0.680. The highest BCUT2D eigenvalue weighted by atomic mass is 32.1. The lowest BCUT2D eigenvalue weighted by atomic mass is 10.2. The molecule has 18 heavy (non-hydrogen) atoms. The minimum Gasteiger partial charge on any atom is -0.392 e. The largest absolute Gasteiger partial charge is 0.392 e. The molecule has 4 nitrogen and oxygen atoms in total. The summed E-state index contributed by atoms with van der Waals surface area (Å²) >= 11 is 5.06. The highest BCUT2D eigenvalue weighted by molar-refractivity contribution is 7.80. The minimum absolute atomic E-state index is 0.0919. The van der Waals surface area contributed by atoms with Gasteiger partial charge in [0, 0.05) is 6.54 Å². The Balaban J connectivity index is 2.40. The van der Waals surface area contributed by atoms with Gasteiger partial charge in [0.05, 0.1) is 17.1 Å². The van der Waals surface area contributed by atoms with E-state index in [0.717, 1.165) is 38.8 Å². The molecule has 1 heterocycles. The third-order valence-electron chi connectivity index (χ3n) is 3.58. The molecule has 1 amide bonds. The van der Waals surface area contributed by atoms with E-state index in [0.29, 0.717) is 4.99 Å². The summed E-state index contributed by atoms with van der Waals surface area (Å²) in [5.74, 6) is 0.0919. The van der Waals surface area contributed by atoms with Crippen molar-refractivity contribution in [2.75, 3.05) is 13.1 Å². The maximum absolute atomic E-state index is 12.0. The first-order chi connectivity index (χ1) is 8.57. The monoisotopic (exact) mass is 271 g/mol. The van der Waals surface area contributed by atoms with Crippen LogP contribution < -0.4 is 11.1 Å². The Morgan fingerprint density at radius 2 is 2.28 bits per heavy atom. The summed E-state index contributed by atoms with van der Waals surface area (Å²) < 4.78 is 0. The van der Waals surface area contributed by atoms with Crippen molar-refractivity contribution < 1.29 is 4.79 Å². The standard InChI is InChI=1S/C13H25N3OS/c1-3-4-5-8-15-13(17)10(2)16-9-6-7-11(16)12(14)18/h10-11H,3-9H2,1-2H3,(H2,14,18)(H,15,17). The topological polar surface area (TPSA) is 58.4 Å². The number of carbonyl (C=O) groups excluding carboxylic acids is 1. The first-order valence-electron chi connectivity index (χ1n) is 6.90. The highest BCUT2D eigenvalue weighted by Gasteiger charge is 2.33. The zero-order chi connectivity index (χ0) is 13.5. The fourth-order valence-electron chi connectivity index (χ4n) is 2.44. The number of hydrogen-bond acceptors (Lipinski definition) is 3. The summed E-state index contributed by atoms with van der Waals surface area (Å²) in [4.78, 5) is 14.7. The van der Waals surface area contributed by atoms with Crippen LogP contribution in [-0.2, 0) is 4.79 Å². The number of hydrogen-bond donors (Lipinski definition) is 2. The quantitative estimate of drug-likeness (QED) is 0.543. The van der Waals surface area contributed by atoms with E-state index in [1.165, 1.54) is 6.42 Å². The van der Waals surface area contributed by atoms with E-state index in [-0.39, 0.29) is 18.0 Å². The van der Waals surface area contributed by atoms with Crippen molar-refractivity contribution in [3.8, 4) is 0 Å². The van der Waals surface area contributed by atoms with Gasteiger partial charge >= 0.3 is 0 Å². The normalized spacial score (nSPS) is 21.8. The lowest BCUT2D eigenvalue weighted by Crippen LogP contribution is -2.50. The molecule has 0 aromatic heterocycles. The summed E-state index contributed by atoms with van der Waals surface area (Å²) in [6, 6.07) is -0.0444. The SMILES string of the molecule is CCCCCNC(=O)C(C)N1CCCC1C(N)=S. The maximum atomic E-state index is 12.0.